The molecule has 0 saturated heterocycles. The van der Waals surface area contributed by atoms with Gasteiger partial charge in [-0.05, 0) is 12.5 Å². The van der Waals surface area contributed by atoms with Crippen molar-refractivity contribution in [3.05, 3.63) is 24.4 Å². The molecule has 0 saturated carbocycles. The maximum absolute atomic E-state index is 5.09. The lowest BCUT2D eigenvalue weighted by atomic mass is 10.2. The number of hydrogen-bond acceptors (Lipinski definition) is 2. The number of allylic oxidation sites excluding steroid dienone is 2. The van der Waals surface area contributed by atoms with Crippen LogP contribution in [-0.4, -0.2) is 18.2 Å². The van der Waals surface area contributed by atoms with Crippen LogP contribution in [-0.2, 0) is 4.84 Å². The highest BCUT2D eigenvalue weighted by atomic mass is 16.7. The third kappa shape index (κ3) is 1.39. The molecular formula is C8H13NO. The molecule has 1 unspecified atom stereocenters. The second-order valence-electron chi connectivity index (χ2n) is 2.24. The molecule has 0 aromatic rings. The molecule has 10 heavy (non-hydrogen) atoms. The molecule has 0 spiro atoms. The molecule has 1 atom stereocenters. The zero-order valence-corrected chi connectivity index (χ0v) is 6.45. The number of hydrogen-bond donors (Lipinski definition) is 0. The summed E-state index contributed by atoms with van der Waals surface area (Å²) in [6.07, 6.45) is 9.16. The first-order valence-electron chi connectivity index (χ1n) is 3.56. The van der Waals surface area contributed by atoms with E-state index in [4.69, 9.17) is 4.84 Å². The van der Waals surface area contributed by atoms with E-state index >= 15 is 0 Å². The fraction of sp³-hybridized carbons (Fsp3) is 0.500. The summed E-state index contributed by atoms with van der Waals surface area (Å²) in [5.41, 5.74) is 0. The molecule has 1 heterocycles. The smallest absolute Gasteiger partial charge is 0.0739 e. The Labute approximate surface area is 61.7 Å². The predicted molar refractivity (Wildman–Crippen MR) is 41.2 cm³/mol. The summed E-state index contributed by atoms with van der Waals surface area (Å²) in [5, 5.41) is 1.85. The van der Waals surface area contributed by atoms with E-state index in [1.807, 2.05) is 23.4 Å². The first-order chi connectivity index (χ1) is 4.88. The fourth-order valence-corrected chi connectivity index (χ4v) is 1.03. The Balaban J connectivity index is 2.55. The van der Waals surface area contributed by atoms with E-state index < -0.39 is 0 Å². The van der Waals surface area contributed by atoms with Gasteiger partial charge in [-0.1, -0.05) is 19.1 Å². The van der Waals surface area contributed by atoms with Gasteiger partial charge in [0.2, 0.25) is 0 Å². The van der Waals surface area contributed by atoms with E-state index in [1.54, 1.807) is 7.11 Å². The lowest BCUT2D eigenvalue weighted by molar-refractivity contribution is -0.109. The Morgan fingerprint density at radius 2 is 2.30 bits per heavy atom. The van der Waals surface area contributed by atoms with Gasteiger partial charge in [0.05, 0.1) is 13.2 Å². The molecule has 0 bridgehead atoms. The van der Waals surface area contributed by atoms with Crippen molar-refractivity contribution in [3.63, 3.8) is 0 Å². The second kappa shape index (κ2) is 3.42. The molecule has 0 aromatic carbocycles. The van der Waals surface area contributed by atoms with E-state index in [-0.39, 0.29) is 0 Å². The van der Waals surface area contributed by atoms with Gasteiger partial charge in [-0.3, -0.25) is 9.90 Å². The largest absolute Gasteiger partial charge is 0.277 e. The maximum Gasteiger partial charge on any atom is 0.0739 e. The molecule has 1 aliphatic heterocycles. The topological polar surface area (TPSA) is 12.5 Å². The van der Waals surface area contributed by atoms with Crippen LogP contribution >= 0.6 is 0 Å². The van der Waals surface area contributed by atoms with Crippen molar-refractivity contribution in [2.75, 3.05) is 7.11 Å². The van der Waals surface area contributed by atoms with Crippen LogP contribution in [0.5, 0.6) is 0 Å². The van der Waals surface area contributed by atoms with E-state index in [0.717, 1.165) is 6.42 Å². The van der Waals surface area contributed by atoms with Gasteiger partial charge in [0.1, 0.15) is 0 Å². The lowest BCUT2D eigenvalue weighted by Gasteiger charge is -2.26. The summed E-state index contributed by atoms with van der Waals surface area (Å²) in [6, 6.07) is 0.412. The standard InChI is InChI=1S/C8H13NO/c1-3-8-6-4-5-7-9(8)10-2/h4-8H,3H2,1-2H3. The minimum atomic E-state index is 0.412. The maximum atomic E-state index is 5.09. The van der Waals surface area contributed by atoms with Crippen LogP contribution in [0.3, 0.4) is 0 Å². The van der Waals surface area contributed by atoms with Crippen molar-refractivity contribution < 1.29 is 4.84 Å². The van der Waals surface area contributed by atoms with Crippen molar-refractivity contribution >= 4 is 0 Å². The second-order valence-corrected chi connectivity index (χ2v) is 2.24. The summed E-state index contributed by atoms with van der Waals surface area (Å²) < 4.78 is 0. The van der Waals surface area contributed by atoms with Gasteiger partial charge in [0, 0.05) is 6.20 Å². The van der Waals surface area contributed by atoms with Crippen LogP contribution in [0.1, 0.15) is 13.3 Å². The molecule has 0 N–H and O–H groups in total. The van der Waals surface area contributed by atoms with Crippen LogP contribution in [0, 0.1) is 0 Å². The van der Waals surface area contributed by atoms with Gasteiger partial charge in [-0.15, -0.1) is 0 Å². The van der Waals surface area contributed by atoms with Crippen LogP contribution in [0.15, 0.2) is 24.4 Å². The van der Waals surface area contributed by atoms with Gasteiger partial charge in [-0.2, -0.15) is 0 Å². The minimum absolute atomic E-state index is 0.412. The summed E-state index contributed by atoms with van der Waals surface area (Å²) >= 11 is 0. The molecule has 0 radical (unpaired) electrons. The molecule has 0 fully saturated rings. The molecule has 0 aromatic heterocycles. The average molecular weight is 139 g/mol. The molecule has 1 aliphatic rings. The molecule has 1 rings (SSSR count). The van der Waals surface area contributed by atoms with Gasteiger partial charge in [-0.25, -0.2) is 0 Å². The van der Waals surface area contributed by atoms with Crippen LogP contribution in [0.25, 0.3) is 0 Å². The highest BCUT2D eigenvalue weighted by Gasteiger charge is 2.10. The molecular weight excluding hydrogens is 126 g/mol. The zero-order chi connectivity index (χ0) is 7.40. The van der Waals surface area contributed by atoms with Crippen molar-refractivity contribution in [1.29, 1.82) is 0 Å². The van der Waals surface area contributed by atoms with Gasteiger partial charge in [0.15, 0.2) is 0 Å². The van der Waals surface area contributed by atoms with Crippen LogP contribution in [0.2, 0.25) is 0 Å². The van der Waals surface area contributed by atoms with E-state index in [9.17, 15) is 0 Å². The normalized spacial score (nSPS) is 23.8. The highest BCUT2D eigenvalue weighted by Crippen LogP contribution is 2.10. The number of hydroxylamine groups is 2. The lowest BCUT2D eigenvalue weighted by Crippen LogP contribution is -2.28. The monoisotopic (exact) mass is 139 g/mol. The average Bonchev–Trinajstić information content (AvgIpc) is 2.04. The Morgan fingerprint density at radius 3 is 2.80 bits per heavy atom. The van der Waals surface area contributed by atoms with E-state index in [1.165, 1.54) is 0 Å². The first-order valence-corrected chi connectivity index (χ1v) is 3.56. The van der Waals surface area contributed by atoms with Crippen molar-refractivity contribution in [2.24, 2.45) is 0 Å². The highest BCUT2D eigenvalue weighted by molar-refractivity contribution is 5.11. The fourth-order valence-electron chi connectivity index (χ4n) is 1.03. The third-order valence-electron chi connectivity index (χ3n) is 1.63. The number of nitrogens with zero attached hydrogens (tertiary/aromatic N) is 1. The summed E-state index contributed by atoms with van der Waals surface area (Å²) in [5.74, 6) is 0. The molecule has 2 nitrogen and oxygen atoms in total. The Kier molecular flexibility index (Phi) is 2.51. The first kappa shape index (κ1) is 7.35. The Bertz CT molecular complexity index is 133. The summed E-state index contributed by atoms with van der Waals surface area (Å²) in [7, 11) is 1.69. The SMILES string of the molecule is CCC1C=CC=CN1OC. The molecule has 2 heteroatoms. The summed E-state index contributed by atoms with van der Waals surface area (Å²) in [6.45, 7) is 2.14. The third-order valence-corrected chi connectivity index (χ3v) is 1.63. The van der Waals surface area contributed by atoms with E-state index in [0.29, 0.717) is 6.04 Å². The quantitative estimate of drug-likeness (QED) is 0.577. The van der Waals surface area contributed by atoms with Crippen molar-refractivity contribution in [3.8, 4) is 0 Å². The Hall–Kier alpha value is -0.760. The van der Waals surface area contributed by atoms with Gasteiger partial charge in [0.25, 0.3) is 0 Å². The van der Waals surface area contributed by atoms with Crippen molar-refractivity contribution in [1.82, 2.24) is 5.06 Å². The predicted octanol–water partition coefficient (Wildman–Crippen LogP) is 1.71. The Morgan fingerprint density at radius 1 is 1.50 bits per heavy atom. The zero-order valence-electron chi connectivity index (χ0n) is 6.45. The van der Waals surface area contributed by atoms with Crippen molar-refractivity contribution in [2.45, 2.75) is 19.4 Å². The molecule has 56 valence electrons. The van der Waals surface area contributed by atoms with E-state index in [2.05, 4.69) is 13.0 Å². The molecule has 0 amide bonds. The minimum Gasteiger partial charge on any atom is -0.277 e. The number of rotatable bonds is 2. The van der Waals surface area contributed by atoms with Gasteiger partial charge < -0.3 is 0 Å². The van der Waals surface area contributed by atoms with Crippen LogP contribution < -0.4 is 0 Å². The van der Waals surface area contributed by atoms with Gasteiger partial charge >= 0.3 is 0 Å². The molecule has 0 aliphatic carbocycles. The summed E-state index contributed by atoms with van der Waals surface area (Å²) in [4.78, 5) is 5.09. The van der Waals surface area contributed by atoms with Crippen LogP contribution in [0.4, 0.5) is 0 Å².